The number of carbonyl (C=O) groups is 2. The lowest BCUT2D eigenvalue weighted by atomic mass is 9.78. The van der Waals surface area contributed by atoms with Gasteiger partial charge in [0.05, 0.1) is 23.8 Å². The maximum absolute atomic E-state index is 13.7. The van der Waals surface area contributed by atoms with Crippen molar-refractivity contribution in [3.63, 3.8) is 0 Å². The molecule has 1 aromatic heterocycles. The summed E-state index contributed by atoms with van der Waals surface area (Å²) in [4.78, 5) is 34.3. The minimum atomic E-state index is -0.769. The molecule has 1 saturated carbocycles. The van der Waals surface area contributed by atoms with Crippen molar-refractivity contribution in [2.45, 2.75) is 44.6 Å². The minimum Gasteiger partial charge on any atom is -0.366 e. The minimum absolute atomic E-state index is 0.0221. The molecule has 1 aliphatic carbocycles. The maximum Gasteiger partial charge on any atom is 0.251 e. The number of carbonyl (C=O) groups excluding carboxylic acids is 2. The highest BCUT2D eigenvalue weighted by atomic mass is 19.1. The average molecular weight is 436 g/mol. The quantitative estimate of drug-likeness (QED) is 0.772. The highest BCUT2D eigenvalue weighted by Gasteiger charge is 2.37. The van der Waals surface area contributed by atoms with Gasteiger partial charge in [0.25, 0.3) is 5.91 Å². The first-order chi connectivity index (χ1) is 15.5. The number of amides is 2. The summed E-state index contributed by atoms with van der Waals surface area (Å²) in [5, 5.41) is 10.6. The van der Waals surface area contributed by atoms with Crippen LogP contribution in [0.1, 0.15) is 65.2 Å². The van der Waals surface area contributed by atoms with Gasteiger partial charge in [-0.3, -0.25) is 19.4 Å². The van der Waals surface area contributed by atoms with Gasteiger partial charge in [0.1, 0.15) is 11.9 Å². The van der Waals surface area contributed by atoms with Crippen LogP contribution in [0.15, 0.2) is 36.7 Å². The summed E-state index contributed by atoms with van der Waals surface area (Å²) in [6.45, 7) is 0.454. The summed E-state index contributed by atoms with van der Waals surface area (Å²) in [6.07, 6.45) is 7.79. The molecule has 8 heteroatoms. The van der Waals surface area contributed by atoms with E-state index in [0.717, 1.165) is 43.2 Å². The Bertz CT molecular complexity index is 1060. The Morgan fingerprint density at radius 3 is 2.69 bits per heavy atom. The van der Waals surface area contributed by atoms with Gasteiger partial charge in [-0.15, -0.1) is 0 Å². The fourth-order valence-electron chi connectivity index (χ4n) is 4.71. The number of nitrogens with two attached hydrogens (primary N) is 1. The Labute approximate surface area is 185 Å². The first-order valence-electron chi connectivity index (χ1n) is 10.9. The molecule has 32 heavy (non-hydrogen) atoms. The Morgan fingerprint density at radius 2 is 1.97 bits per heavy atom. The smallest absolute Gasteiger partial charge is 0.251 e. The Balaban J connectivity index is 1.36. The van der Waals surface area contributed by atoms with Crippen LogP contribution in [0.5, 0.6) is 0 Å². The van der Waals surface area contributed by atoms with E-state index in [1.54, 1.807) is 18.3 Å². The van der Waals surface area contributed by atoms with Crippen LogP contribution < -0.4 is 5.73 Å². The molecular formula is C24H25FN4O3. The molecule has 2 aromatic rings. The second-order valence-electron chi connectivity index (χ2n) is 8.52. The molecule has 0 bridgehead atoms. The van der Waals surface area contributed by atoms with Crippen molar-refractivity contribution in [3.8, 4) is 6.07 Å². The molecule has 0 radical (unpaired) electrons. The van der Waals surface area contributed by atoms with E-state index in [4.69, 9.17) is 15.8 Å². The van der Waals surface area contributed by atoms with E-state index in [1.165, 1.54) is 23.4 Å². The molecular weight excluding hydrogens is 411 g/mol. The number of benzene rings is 1. The van der Waals surface area contributed by atoms with Crippen molar-refractivity contribution in [3.05, 3.63) is 64.7 Å². The molecule has 4 rings (SSSR count). The average Bonchev–Trinajstić information content (AvgIpc) is 3.30. The van der Waals surface area contributed by atoms with Gasteiger partial charge in [0.2, 0.25) is 5.91 Å². The van der Waals surface area contributed by atoms with Crippen LogP contribution in [-0.4, -0.2) is 28.5 Å². The SMILES string of the molecule is N#Cc1cncc([C@@H]2CCON2C(=O)[C@H]2CC[C@H](Cc3ccc(F)c(C(N)=O)c3)CC2)c1. The maximum atomic E-state index is 13.7. The summed E-state index contributed by atoms with van der Waals surface area (Å²) >= 11 is 0. The van der Waals surface area contributed by atoms with Crippen LogP contribution in [0.2, 0.25) is 0 Å². The van der Waals surface area contributed by atoms with Gasteiger partial charge in [0, 0.05) is 24.7 Å². The van der Waals surface area contributed by atoms with Crippen LogP contribution in [0, 0.1) is 29.0 Å². The number of nitriles is 1. The number of halogens is 1. The van der Waals surface area contributed by atoms with Gasteiger partial charge in [-0.1, -0.05) is 6.07 Å². The third kappa shape index (κ3) is 4.63. The van der Waals surface area contributed by atoms with Crippen molar-refractivity contribution in [1.29, 1.82) is 5.26 Å². The molecule has 0 spiro atoms. The number of hydrogen-bond acceptors (Lipinski definition) is 5. The molecule has 2 N–H and O–H groups in total. The van der Waals surface area contributed by atoms with Crippen LogP contribution in [0.3, 0.4) is 0 Å². The van der Waals surface area contributed by atoms with Gasteiger partial charge >= 0.3 is 0 Å². The molecule has 0 unspecified atom stereocenters. The lowest BCUT2D eigenvalue weighted by Crippen LogP contribution is -2.36. The Kier molecular flexibility index (Phi) is 6.47. The molecule has 1 saturated heterocycles. The van der Waals surface area contributed by atoms with Crippen molar-refractivity contribution >= 4 is 11.8 Å². The molecule has 166 valence electrons. The number of hydroxylamine groups is 2. The first-order valence-corrected chi connectivity index (χ1v) is 10.9. The van der Waals surface area contributed by atoms with E-state index in [1.807, 2.05) is 0 Å². The van der Waals surface area contributed by atoms with Crippen LogP contribution >= 0.6 is 0 Å². The lowest BCUT2D eigenvalue weighted by molar-refractivity contribution is -0.183. The van der Waals surface area contributed by atoms with Gasteiger partial charge < -0.3 is 5.73 Å². The van der Waals surface area contributed by atoms with E-state index in [-0.39, 0.29) is 23.4 Å². The second kappa shape index (κ2) is 9.45. The lowest BCUT2D eigenvalue weighted by Gasteiger charge is -2.32. The summed E-state index contributed by atoms with van der Waals surface area (Å²) < 4.78 is 13.7. The number of rotatable bonds is 5. The second-order valence-corrected chi connectivity index (χ2v) is 8.52. The van der Waals surface area contributed by atoms with Gasteiger partial charge in [0.15, 0.2) is 0 Å². The Hall–Kier alpha value is -3.31. The zero-order chi connectivity index (χ0) is 22.7. The molecule has 2 fully saturated rings. The van der Waals surface area contributed by atoms with Crippen molar-refractivity contribution in [1.82, 2.24) is 10.0 Å². The van der Waals surface area contributed by atoms with Crippen LogP contribution in [-0.2, 0) is 16.1 Å². The largest absolute Gasteiger partial charge is 0.366 e. The molecule has 7 nitrogen and oxygen atoms in total. The number of pyridine rings is 1. The third-order valence-corrected chi connectivity index (χ3v) is 6.41. The molecule has 1 aliphatic heterocycles. The van der Waals surface area contributed by atoms with Gasteiger partial charge in [-0.25, -0.2) is 9.45 Å². The van der Waals surface area contributed by atoms with Crippen molar-refractivity contribution in [2.75, 3.05) is 6.61 Å². The predicted molar refractivity (Wildman–Crippen MR) is 113 cm³/mol. The predicted octanol–water partition coefficient (Wildman–Crippen LogP) is 3.45. The topological polar surface area (TPSA) is 109 Å². The monoisotopic (exact) mass is 436 g/mol. The number of nitrogens with zero attached hydrogens (tertiary/aromatic N) is 3. The zero-order valence-electron chi connectivity index (χ0n) is 17.7. The highest BCUT2D eigenvalue weighted by molar-refractivity contribution is 5.93. The molecule has 1 atom stereocenters. The summed E-state index contributed by atoms with van der Waals surface area (Å²) in [6, 6.07) is 8.11. The summed E-state index contributed by atoms with van der Waals surface area (Å²) in [5.74, 6) is -1.16. The van der Waals surface area contributed by atoms with E-state index < -0.39 is 11.7 Å². The first kappa shape index (κ1) is 21.9. The number of hydrogen-bond donors (Lipinski definition) is 1. The number of primary amides is 1. The standard InChI is InChI=1S/C24H25FN4O3/c25-21-6-3-16(11-20(21)23(27)30)9-15-1-4-18(5-2-15)24(31)29-22(7-8-32-29)19-10-17(12-26)13-28-14-19/h3,6,10-11,13-15,18,22H,1-2,4-5,7-9H2,(H2,27,30)/t15-,18-,22-/m0/s1. The normalized spacial score (nSPS) is 23.0. The van der Waals surface area contributed by atoms with Crippen molar-refractivity contribution in [2.24, 2.45) is 17.6 Å². The molecule has 2 aliphatic rings. The van der Waals surface area contributed by atoms with Crippen LogP contribution in [0.4, 0.5) is 4.39 Å². The Morgan fingerprint density at radius 1 is 1.19 bits per heavy atom. The van der Waals surface area contributed by atoms with E-state index in [0.29, 0.717) is 24.5 Å². The van der Waals surface area contributed by atoms with E-state index in [9.17, 15) is 14.0 Å². The van der Waals surface area contributed by atoms with Crippen molar-refractivity contribution < 1.29 is 18.8 Å². The van der Waals surface area contributed by atoms with E-state index in [2.05, 4.69) is 11.1 Å². The van der Waals surface area contributed by atoms with Gasteiger partial charge in [-0.2, -0.15) is 5.26 Å². The van der Waals surface area contributed by atoms with Gasteiger partial charge in [-0.05, 0) is 67.3 Å². The third-order valence-electron chi connectivity index (χ3n) is 6.41. The molecule has 1 aromatic carbocycles. The van der Waals surface area contributed by atoms with Crippen LogP contribution in [0.25, 0.3) is 0 Å². The van der Waals surface area contributed by atoms with E-state index >= 15 is 0 Å². The molecule has 2 amide bonds. The zero-order valence-corrected chi connectivity index (χ0v) is 17.7. The molecule has 2 heterocycles. The summed E-state index contributed by atoms with van der Waals surface area (Å²) in [5.41, 5.74) is 7.31. The fraction of sp³-hybridized carbons (Fsp3) is 0.417. The highest BCUT2D eigenvalue weighted by Crippen LogP contribution is 2.37. The summed E-state index contributed by atoms with van der Waals surface area (Å²) in [7, 11) is 0. The number of aromatic nitrogens is 1. The fourth-order valence-corrected chi connectivity index (χ4v) is 4.71.